The Morgan fingerprint density at radius 3 is 2.59 bits per heavy atom. The fraction of sp³-hybridized carbons (Fsp3) is 0.364. The molecular weight excluding hydrogens is 404 g/mol. The summed E-state index contributed by atoms with van der Waals surface area (Å²) in [6, 6.07) is 11.0. The molecule has 0 N–H and O–H groups in total. The van der Waals surface area contributed by atoms with Crippen LogP contribution in [0.2, 0.25) is 0 Å². The maximum atomic E-state index is 12.9. The first-order chi connectivity index (χ1) is 13.9. The summed E-state index contributed by atoms with van der Waals surface area (Å²) in [5.74, 6) is -0.252. The summed E-state index contributed by atoms with van der Waals surface area (Å²) in [7, 11) is -3.29. The van der Waals surface area contributed by atoms with Gasteiger partial charge >= 0.3 is 0 Å². The van der Waals surface area contributed by atoms with Gasteiger partial charge in [-0.3, -0.25) is 4.79 Å². The predicted molar refractivity (Wildman–Crippen MR) is 116 cm³/mol. The molecule has 7 heteroatoms. The summed E-state index contributed by atoms with van der Waals surface area (Å²) in [4.78, 5) is 18.2. The topological polar surface area (TPSA) is 68.5 Å². The van der Waals surface area contributed by atoms with E-state index in [1.165, 1.54) is 35.1 Å². The lowest BCUT2D eigenvalue weighted by molar-refractivity contribution is 0.0997. The molecule has 0 unspecified atom stereocenters. The van der Waals surface area contributed by atoms with Crippen LogP contribution in [0.1, 0.15) is 47.7 Å². The second-order valence-electron chi connectivity index (χ2n) is 7.55. The van der Waals surface area contributed by atoms with Crippen molar-refractivity contribution in [2.75, 3.05) is 6.26 Å². The third-order valence-corrected chi connectivity index (χ3v) is 7.47. The fourth-order valence-corrected chi connectivity index (χ4v) is 5.64. The van der Waals surface area contributed by atoms with Crippen LogP contribution in [0.15, 0.2) is 46.3 Å². The lowest BCUT2D eigenvalue weighted by Crippen LogP contribution is -2.17. The van der Waals surface area contributed by atoms with Gasteiger partial charge in [-0.1, -0.05) is 24.3 Å². The molecule has 0 saturated carbocycles. The molecule has 0 atom stereocenters. The highest BCUT2D eigenvalue weighted by molar-refractivity contribution is 7.90. The lowest BCUT2D eigenvalue weighted by atomic mass is 9.90. The lowest BCUT2D eigenvalue weighted by Gasteiger charge is -2.15. The fourth-order valence-electron chi connectivity index (χ4n) is 3.83. The molecule has 0 bridgehead atoms. The van der Waals surface area contributed by atoms with Crippen LogP contribution in [0, 0.1) is 0 Å². The molecule has 3 aromatic rings. The van der Waals surface area contributed by atoms with E-state index >= 15 is 0 Å². The van der Waals surface area contributed by atoms with Gasteiger partial charge in [0.2, 0.25) is 0 Å². The summed E-state index contributed by atoms with van der Waals surface area (Å²) in [6.07, 6.45) is 6.56. The Labute approximate surface area is 174 Å². The standard InChI is InChI=1S/C22H24N2O3S2/c1-3-12-24-19-11-10-18(29(2,26)27)14-20(19)28-22(24)23-21(25)17-9-8-15-6-4-5-7-16(15)13-17/h8-11,13-14H,3-7,12H2,1-2H3. The molecule has 0 saturated heterocycles. The van der Waals surface area contributed by atoms with Crippen molar-refractivity contribution in [3.8, 4) is 0 Å². The van der Waals surface area contributed by atoms with Gasteiger partial charge in [-0.05, 0) is 73.6 Å². The van der Waals surface area contributed by atoms with Gasteiger partial charge < -0.3 is 4.57 Å². The highest BCUT2D eigenvalue weighted by Gasteiger charge is 2.15. The van der Waals surface area contributed by atoms with E-state index < -0.39 is 9.84 Å². The summed E-state index contributed by atoms with van der Waals surface area (Å²) in [5.41, 5.74) is 4.11. The zero-order valence-electron chi connectivity index (χ0n) is 16.6. The molecule has 1 amide bonds. The Balaban J connectivity index is 1.80. The second kappa shape index (κ2) is 7.88. The number of hydrogen-bond acceptors (Lipinski definition) is 4. The van der Waals surface area contributed by atoms with Gasteiger partial charge in [0.1, 0.15) is 0 Å². The first kappa shape index (κ1) is 20.0. The zero-order chi connectivity index (χ0) is 20.6. The molecule has 0 fully saturated rings. The minimum atomic E-state index is -3.29. The number of nitrogens with zero attached hydrogens (tertiary/aromatic N) is 2. The Morgan fingerprint density at radius 2 is 1.86 bits per heavy atom. The number of aromatic nitrogens is 1. The van der Waals surface area contributed by atoms with Gasteiger partial charge in [0.15, 0.2) is 14.6 Å². The predicted octanol–water partition coefficient (Wildman–Crippen LogP) is 4.14. The van der Waals surface area contributed by atoms with Gasteiger partial charge in [-0.2, -0.15) is 4.99 Å². The summed E-state index contributed by atoms with van der Waals surface area (Å²) in [5, 5.41) is 0. The molecule has 1 aliphatic rings. The van der Waals surface area contributed by atoms with Crippen LogP contribution in [0.25, 0.3) is 10.2 Å². The van der Waals surface area contributed by atoms with Crippen LogP contribution in [0.5, 0.6) is 0 Å². The average Bonchev–Trinajstić information content (AvgIpc) is 3.03. The Kier molecular flexibility index (Phi) is 5.44. The van der Waals surface area contributed by atoms with Crippen molar-refractivity contribution < 1.29 is 13.2 Å². The highest BCUT2D eigenvalue weighted by atomic mass is 32.2. The molecule has 1 aromatic heterocycles. The number of carbonyl (C=O) groups is 1. The van der Waals surface area contributed by atoms with Gasteiger partial charge in [0, 0.05) is 18.4 Å². The Morgan fingerprint density at radius 1 is 1.10 bits per heavy atom. The van der Waals surface area contributed by atoms with E-state index in [4.69, 9.17) is 0 Å². The normalized spacial score (nSPS) is 14.9. The van der Waals surface area contributed by atoms with Gasteiger partial charge in [-0.25, -0.2) is 8.42 Å². The van der Waals surface area contributed by atoms with E-state index in [1.54, 1.807) is 18.2 Å². The molecule has 152 valence electrons. The number of aryl methyl sites for hydroxylation is 3. The summed E-state index contributed by atoms with van der Waals surface area (Å²) in [6.45, 7) is 2.78. The number of fused-ring (bicyclic) bond motifs is 2. The van der Waals surface area contributed by atoms with Crippen molar-refractivity contribution in [3.63, 3.8) is 0 Å². The minimum absolute atomic E-state index is 0.252. The van der Waals surface area contributed by atoms with E-state index in [1.807, 2.05) is 16.7 Å². The maximum absolute atomic E-state index is 12.9. The number of hydrogen-bond donors (Lipinski definition) is 0. The molecule has 2 aromatic carbocycles. The van der Waals surface area contributed by atoms with Crippen LogP contribution >= 0.6 is 11.3 Å². The quantitative estimate of drug-likeness (QED) is 0.627. The second-order valence-corrected chi connectivity index (χ2v) is 10.6. The van der Waals surface area contributed by atoms with Gasteiger partial charge in [0.05, 0.1) is 15.1 Å². The van der Waals surface area contributed by atoms with Crippen LogP contribution in [0.4, 0.5) is 0 Å². The molecular formula is C22H24N2O3S2. The number of benzene rings is 2. The van der Waals surface area contributed by atoms with Crippen molar-refractivity contribution in [1.82, 2.24) is 4.57 Å². The number of sulfone groups is 1. The maximum Gasteiger partial charge on any atom is 0.279 e. The SMILES string of the molecule is CCCn1c(=NC(=O)c2ccc3c(c2)CCCC3)sc2cc(S(C)(=O)=O)ccc21. The minimum Gasteiger partial charge on any atom is -0.316 e. The molecule has 0 spiro atoms. The van der Waals surface area contributed by atoms with E-state index in [9.17, 15) is 13.2 Å². The first-order valence-electron chi connectivity index (χ1n) is 9.91. The van der Waals surface area contributed by atoms with Crippen LogP contribution in [0.3, 0.4) is 0 Å². The Hall–Kier alpha value is -2.25. The number of thiazole rings is 1. The number of amides is 1. The highest BCUT2D eigenvalue weighted by Crippen LogP contribution is 2.24. The average molecular weight is 429 g/mol. The van der Waals surface area contributed by atoms with Gasteiger partial charge in [-0.15, -0.1) is 0 Å². The molecule has 1 heterocycles. The summed E-state index contributed by atoms with van der Waals surface area (Å²) >= 11 is 1.36. The van der Waals surface area contributed by atoms with E-state index in [0.29, 0.717) is 16.9 Å². The third-order valence-electron chi connectivity index (χ3n) is 5.32. The third kappa shape index (κ3) is 4.07. The first-order valence-corrected chi connectivity index (χ1v) is 12.6. The number of rotatable bonds is 4. The van der Waals surface area contributed by atoms with E-state index in [0.717, 1.165) is 35.9 Å². The van der Waals surface area contributed by atoms with Crippen molar-refractivity contribution in [2.45, 2.75) is 50.5 Å². The van der Waals surface area contributed by atoms with Crippen LogP contribution < -0.4 is 4.80 Å². The Bertz CT molecular complexity index is 1270. The van der Waals surface area contributed by atoms with E-state index in [2.05, 4.69) is 18.0 Å². The molecule has 4 rings (SSSR count). The van der Waals surface area contributed by atoms with Crippen LogP contribution in [-0.4, -0.2) is 25.1 Å². The van der Waals surface area contributed by atoms with Gasteiger partial charge in [0.25, 0.3) is 5.91 Å². The molecule has 0 aliphatic heterocycles. The van der Waals surface area contributed by atoms with Crippen molar-refractivity contribution >= 4 is 37.3 Å². The van der Waals surface area contributed by atoms with Crippen LogP contribution in [-0.2, 0) is 29.2 Å². The molecule has 5 nitrogen and oxygen atoms in total. The van der Waals surface area contributed by atoms with Crippen molar-refractivity contribution in [2.24, 2.45) is 4.99 Å². The summed E-state index contributed by atoms with van der Waals surface area (Å²) < 4.78 is 26.6. The van der Waals surface area contributed by atoms with E-state index in [-0.39, 0.29) is 10.8 Å². The molecule has 0 radical (unpaired) electrons. The number of carbonyl (C=O) groups excluding carboxylic acids is 1. The van der Waals surface area contributed by atoms with Crippen molar-refractivity contribution in [3.05, 3.63) is 57.9 Å². The van der Waals surface area contributed by atoms with Crippen molar-refractivity contribution in [1.29, 1.82) is 0 Å². The smallest absolute Gasteiger partial charge is 0.279 e. The molecule has 29 heavy (non-hydrogen) atoms. The molecule has 1 aliphatic carbocycles. The zero-order valence-corrected chi connectivity index (χ0v) is 18.3. The monoisotopic (exact) mass is 428 g/mol. The largest absolute Gasteiger partial charge is 0.316 e.